The van der Waals surface area contributed by atoms with E-state index in [1.807, 2.05) is 6.92 Å². The number of carbonyl (C=O) groups excluding carboxylic acids is 3. The molecule has 8 nitrogen and oxygen atoms in total. The Balaban J connectivity index is 1.91. The van der Waals surface area contributed by atoms with Crippen LogP contribution in [0.2, 0.25) is 5.02 Å². The van der Waals surface area contributed by atoms with Crippen LogP contribution in [0.3, 0.4) is 0 Å². The standard InChI is InChI=1S/C27H25ClN2O6S/c1-5-35-18-10-11-19(14(3)12-18)22(31)20-21(16-8-7-9-17(28)13-16)30(25(33)23(20)32)27-29-15(4)24(37-27)26(34)36-6-2/h7-13,21,31H,5-6H2,1-4H3/t21-/m0/s1. The molecule has 2 aromatic carbocycles. The normalized spacial score (nSPS) is 16.8. The van der Waals surface area contributed by atoms with E-state index in [1.54, 1.807) is 63.2 Å². The summed E-state index contributed by atoms with van der Waals surface area (Å²) >= 11 is 7.20. The number of hydrogen-bond acceptors (Lipinski definition) is 8. The van der Waals surface area contributed by atoms with Crippen LogP contribution in [0.25, 0.3) is 5.76 Å². The smallest absolute Gasteiger partial charge is 0.350 e. The second kappa shape index (κ2) is 10.7. The van der Waals surface area contributed by atoms with Crippen LogP contribution in [0.1, 0.15) is 51.9 Å². The van der Waals surface area contributed by atoms with Crippen molar-refractivity contribution in [3.63, 3.8) is 0 Å². The van der Waals surface area contributed by atoms with Gasteiger partial charge < -0.3 is 14.6 Å². The molecule has 192 valence electrons. The maximum atomic E-state index is 13.4. The molecule has 0 bridgehead atoms. The minimum absolute atomic E-state index is 0.106. The number of ether oxygens (including phenoxy) is 2. The summed E-state index contributed by atoms with van der Waals surface area (Å²) in [5, 5.41) is 11.9. The van der Waals surface area contributed by atoms with E-state index in [0.717, 1.165) is 11.3 Å². The van der Waals surface area contributed by atoms with Gasteiger partial charge in [0.2, 0.25) is 0 Å². The van der Waals surface area contributed by atoms with Crippen molar-refractivity contribution in [2.45, 2.75) is 33.7 Å². The lowest BCUT2D eigenvalue weighted by Crippen LogP contribution is -2.29. The third kappa shape index (κ3) is 4.97. The molecule has 1 aliphatic rings. The summed E-state index contributed by atoms with van der Waals surface area (Å²) in [7, 11) is 0. The lowest BCUT2D eigenvalue weighted by atomic mass is 9.94. The number of carbonyl (C=O) groups is 3. The fraction of sp³-hybridized carbons (Fsp3) is 0.259. The quantitative estimate of drug-likeness (QED) is 0.179. The summed E-state index contributed by atoms with van der Waals surface area (Å²) in [5.41, 5.74) is 1.81. The van der Waals surface area contributed by atoms with Crippen molar-refractivity contribution >= 4 is 51.5 Å². The molecule has 1 N–H and O–H groups in total. The average Bonchev–Trinajstić information content (AvgIpc) is 3.36. The van der Waals surface area contributed by atoms with Gasteiger partial charge in [0.05, 0.1) is 30.5 Å². The molecule has 1 fully saturated rings. The number of anilines is 1. The molecule has 1 atom stereocenters. The summed E-state index contributed by atoms with van der Waals surface area (Å²) in [5.74, 6) is -2.02. The van der Waals surface area contributed by atoms with E-state index >= 15 is 0 Å². The van der Waals surface area contributed by atoms with Gasteiger partial charge in [-0.05, 0) is 69.2 Å². The number of Topliss-reactive ketones (excluding diaryl/α,β-unsaturated/α-hetero) is 1. The van der Waals surface area contributed by atoms with Crippen molar-refractivity contribution in [1.29, 1.82) is 0 Å². The monoisotopic (exact) mass is 540 g/mol. The number of hydrogen-bond donors (Lipinski definition) is 1. The predicted octanol–water partition coefficient (Wildman–Crippen LogP) is 5.62. The first kappa shape index (κ1) is 26.4. The fourth-order valence-electron chi connectivity index (χ4n) is 4.20. The van der Waals surface area contributed by atoms with Gasteiger partial charge >= 0.3 is 11.9 Å². The number of rotatable bonds is 7. The van der Waals surface area contributed by atoms with Crippen LogP contribution >= 0.6 is 22.9 Å². The molecular weight excluding hydrogens is 516 g/mol. The SMILES string of the molecule is CCOC(=O)c1sc(N2C(=O)C(=O)C(=C(O)c3ccc(OCC)cc3C)[C@@H]2c2cccc(Cl)c2)nc1C. The zero-order valence-corrected chi connectivity index (χ0v) is 22.3. The van der Waals surface area contributed by atoms with Crippen LogP contribution < -0.4 is 9.64 Å². The molecule has 0 spiro atoms. The Morgan fingerprint density at radius 3 is 2.54 bits per heavy atom. The lowest BCUT2D eigenvalue weighted by Gasteiger charge is -2.23. The predicted molar refractivity (Wildman–Crippen MR) is 141 cm³/mol. The van der Waals surface area contributed by atoms with E-state index in [0.29, 0.717) is 39.8 Å². The van der Waals surface area contributed by atoms with E-state index in [1.165, 1.54) is 4.90 Å². The van der Waals surface area contributed by atoms with Crippen molar-refractivity contribution in [2.24, 2.45) is 0 Å². The Bertz CT molecular complexity index is 1430. The highest BCUT2D eigenvalue weighted by atomic mass is 35.5. The molecule has 1 saturated heterocycles. The number of halogens is 1. The van der Waals surface area contributed by atoms with Crippen molar-refractivity contribution in [3.05, 3.63) is 80.3 Å². The van der Waals surface area contributed by atoms with Crippen LogP contribution in [0.4, 0.5) is 5.13 Å². The number of aromatic nitrogens is 1. The zero-order chi connectivity index (χ0) is 26.9. The molecular formula is C27H25ClN2O6S. The van der Waals surface area contributed by atoms with Gasteiger partial charge in [0.15, 0.2) is 5.13 Å². The number of nitrogens with zero attached hydrogens (tertiary/aromatic N) is 2. The third-order valence-electron chi connectivity index (χ3n) is 5.83. The molecule has 1 aliphatic heterocycles. The molecule has 1 amide bonds. The van der Waals surface area contributed by atoms with E-state index < -0.39 is 23.7 Å². The Hall–Kier alpha value is -3.69. The maximum absolute atomic E-state index is 13.4. The van der Waals surface area contributed by atoms with Gasteiger partial charge in [0.25, 0.3) is 5.78 Å². The highest BCUT2D eigenvalue weighted by Crippen LogP contribution is 2.44. The van der Waals surface area contributed by atoms with Crippen LogP contribution in [-0.4, -0.2) is 41.0 Å². The molecule has 1 aromatic heterocycles. The maximum Gasteiger partial charge on any atom is 0.350 e. The number of esters is 1. The minimum atomic E-state index is -1.02. The van der Waals surface area contributed by atoms with Gasteiger partial charge in [0, 0.05) is 10.6 Å². The number of benzene rings is 2. The Morgan fingerprint density at radius 2 is 1.89 bits per heavy atom. The van der Waals surface area contributed by atoms with Crippen LogP contribution in [0, 0.1) is 13.8 Å². The van der Waals surface area contributed by atoms with Gasteiger partial charge in [-0.25, -0.2) is 9.78 Å². The molecule has 37 heavy (non-hydrogen) atoms. The minimum Gasteiger partial charge on any atom is -0.507 e. The first-order valence-electron chi connectivity index (χ1n) is 11.6. The summed E-state index contributed by atoms with van der Waals surface area (Å²) < 4.78 is 10.6. The molecule has 2 heterocycles. The Morgan fingerprint density at radius 1 is 1.14 bits per heavy atom. The van der Waals surface area contributed by atoms with Gasteiger partial charge in [-0.15, -0.1) is 0 Å². The zero-order valence-electron chi connectivity index (χ0n) is 20.7. The molecule has 4 rings (SSSR count). The Labute approximate surface area is 223 Å². The topological polar surface area (TPSA) is 106 Å². The number of thiazole rings is 1. The van der Waals surface area contributed by atoms with Gasteiger partial charge in [-0.2, -0.15) is 0 Å². The highest BCUT2D eigenvalue weighted by molar-refractivity contribution is 7.17. The molecule has 3 aromatic rings. The third-order valence-corrected chi connectivity index (χ3v) is 7.20. The van der Waals surface area contributed by atoms with Crippen LogP contribution in [0.5, 0.6) is 5.75 Å². The first-order valence-corrected chi connectivity index (χ1v) is 12.8. The average molecular weight is 541 g/mol. The van der Waals surface area contributed by atoms with Crippen LogP contribution in [-0.2, 0) is 14.3 Å². The molecule has 0 saturated carbocycles. The van der Waals surface area contributed by atoms with Gasteiger partial charge in [-0.1, -0.05) is 35.1 Å². The fourth-order valence-corrected chi connectivity index (χ4v) is 5.38. The molecule has 0 unspecified atom stereocenters. The van der Waals surface area contributed by atoms with E-state index in [-0.39, 0.29) is 27.9 Å². The summed E-state index contributed by atoms with van der Waals surface area (Å²) in [6.45, 7) is 7.61. The number of aryl methyl sites for hydroxylation is 2. The van der Waals surface area contributed by atoms with Crippen molar-refractivity contribution in [1.82, 2.24) is 4.98 Å². The molecule has 0 radical (unpaired) electrons. The van der Waals surface area contributed by atoms with Crippen molar-refractivity contribution in [2.75, 3.05) is 18.1 Å². The summed E-state index contributed by atoms with van der Waals surface area (Å²) in [6, 6.07) is 10.7. The Kier molecular flexibility index (Phi) is 7.65. The van der Waals surface area contributed by atoms with Gasteiger partial charge in [0.1, 0.15) is 16.4 Å². The van der Waals surface area contributed by atoms with Crippen molar-refractivity contribution < 1.29 is 29.0 Å². The number of aliphatic hydroxyl groups excluding tert-OH is 1. The van der Waals surface area contributed by atoms with E-state index in [2.05, 4.69) is 4.98 Å². The summed E-state index contributed by atoms with van der Waals surface area (Å²) in [4.78, 5) is 45.0. The number of amides is 1. The number of aliphatic hydroxyl groups is 1. The van der Waals surface area contributed by atoms with Crippen LogP contribution in [0.15, 0.2) is 48.0 Å². The first-order chi connectivity index (χ1) is 17.7. The second-order valence-electron chi connectivity index (χ2n) is 8.27. The number of ketones is 1. The van der Waals surface area contributed by atoms with Crippen molar-refractivity contribution in [3.8, 4) is 5.75 Å². The van der Waals surface area contributed by atoms with E-state index in [4.69, 9.17) is 21.1 Å². The van der Waals surface area contributed by atoms with E-state index in [9.17, 15) is 19.5 Å². The molecule has 0 aliphatic carbocycles. The second-order valence-corrected chi connectivity index (χ2v) is 9.68. The van der Waals surface area contributed by atoms with Gasteiger partial charge in [-0.3, -0.25) is 14.5 Å². The highest BCUT2D eigenvalue weighted by Gasteiger charge is 2.48. The molecule has 10 heteroatoms. The largest absolute Gasteiger partial charge is 0.507 e. The summed E-state index contributed by atoms with van der Waals surface area (Å²) in [6.07, 6.45) is 0. The lowest BCUT2D eigenvalue weighted by molar-refractivity contribution is -0.132.